The summed E-state index contributed by atoms with van der Waals surface area (Å²) in [6, 6.07) is 5.04. The van der Waals surface area contributed by atoms with Gasteiger partial charge < -0.3 is 20.5 Å². The number of pyridine rings is 1. The van der Waals surface area contributed by atoms with Crippen molar-refractivity contribution in [3.8, 4) is 0 Å². The Morgan fingerprint density at radius 1 is 1.33 bits per heavy atom. The van der Waals surface area contributed by atoms with Gasteiger partial charge in [0.1, 0.15) is 29.1 Å². The molecule has 2 saturated carbocycles. The number of hydrogen-bond acceptors (Lipinski definition) is 6. The number of halogens is 1. The minimum Gasteiger partial charge on any atom is -0.373 e. The highest BCUT2D eigenvalue weighted by Gasteiger charge is 2.39. The lowest BCUT2D eigenvalue weighted by atomic mass is 9.93. The smallest absolute Gasteiger partial charge is 0.274 e. The van der Waals surface area contributed by atoms with E-state index in [0.29, 0.717) is 29.4 Å². The van der Waals surface area contributed by atoms with Crippen molar-refractivity contribution in [1.29, 1.82) is 0 Å². The Morgan fingerprint density at radius 2 is 2.13 bits per heavy atom. The number of carbonyl (C=O) groups excluding carboxylic acids is 1. The topological polar surface area (TPSA) is 105 Å². The molecule has 2 aliphatic carbocycles. The van der Waals surface area contributed by atoms with Crippen molar-refractivity contribution in [3.05, 3.63) is 46.5 Å². The molecule has 2 fully saturated rings. The molecule has 0 saturated heterocycles. The van der Waals surface area contributed by atoms with Gasteiger partial charge in [-0.2, -0.15) is 9.61 Å². The number of nitrogens with one attached hydrogen (secondary N) is 3. The predicted molar refractivity (Wildman–Crippen MR) is 110 cm³/mol. The molecule has 2 unspecified atom stereocenters. The number of fused-ring (bicyclic) bond motifs is 1. The lowest BCUT2D eigenvalue weighted by molar-refractivity contribution is 0.0949. The number of anilines is 3. The van der Waals surface area contributed by atoms with Crippen LogP contribution in [0.4, 0.5) is 21.7 Å². The number of aromatic nitrogens is 4. The molecule has 9 nitrogen and oxygen atoms in total. The van der Waals surface area contributed by atoms with Crippen LogP contribution in [-0.2, 0) is 0 Å². The zero-order chi connectivity index (χ0) is 20.8. The van der Waals surface area contributed by atoms with E-state index in [1.807, 2.05) is 12.3 Å². The minimum absolute atomic E-state index is 0.107. The maximum Gasteiger partial charge on any atom is 0.274 e. The maximum atomic E-state index is 13.2. The van der Waals surface area contributed by atoms with Gasteiger partial charge in [0, 0.05) is 31.8 Å². The molecule has 3 heterocycles. The van der Waals surface area contributed by atoms with Crippen molar-refractivity contribution in [1.82, 2.24) is 24.5 Å². The van der Waals surface area contributed by atoms with Crippen molar-refractivity contribution >= 4 is 28.9 Å². The monoisotopic (exact) mass is 411 g/mol. The summed E-state index contributed by atoms with van der Waals surface area (Å²) in [7, 11) is 1.73. The van der Waals surface area contributed by atoms with E-state index in [0.717, 1.165) is 19.3 Å². The number of rotatable bonds is 6. The highest BCUT2D eigenvalue weighted by Crippen LogP contribution is 2.30. The number of carbonyl (C=O) groups is 1. The molecule has 3 aromatic heterocycles. The van der Waals surface area contributed by atoms with E-state index < -0.39 is 18.1 Å². The highest BCUT2D eigenvalue weighted by atomic mass is 19.1. The summed E-state index contributed by atoms with van der Waals surface area (Å²) in [6.07, 6.45) is 5.69. The van der Waals surface area contributed by atoms with Crippen molar-refractivity contribution in [2.45, 2.75) is 43.9 Å². The van der Waals surface area contributed by atoms with Crippen LogP contribution in [0.25, 0.3) is 5.65 Å². The lowest BCUT2D eigenvalue weighted by Crippen LogP contribution is -2.29. The van der Waals surface area contributed by atoms with Crippen LogP contribution in [0.3, 0.4) is 0 Å². The standard InChI is InChI=1S/C20H22FN7O2/c1-22-17-9-16(24-14-6-3-7-27(20(14)30)11-4-2-5-11)26-18-12(10-23-28(17)18)19(29)25-15-8-13(15)21/h3,6-7,9-11,13,15,22H,2,4-5,8H2,1H3,(H,24,26)(H,25,29). The molecule has 1 amide bonds. The van der Waals surface area contributed by atoms with Crippen molar-refractivity contribution in [3.63, 3.8) is 0 Å². The Hall–Kier alpha value is -3.43. The second-order valence-electron chi connectivity index (χ2n) is 7.75. The second kappa shape index (κ2) is 7.12. The first-order chi connectivity index (χ1) is 14.5. The first kappa shape index (κ1) is 18.6. The molecule has 0 spiro atoms. The fraction of sp³-hybridized carbons (Fsp3) is 0.400. The molecule has 10 heteroatoms. The van der Waals surface area contributed by atoms with Crippen molar-refractivity contribution in [2.75, 3.05) is 17.7 Å². The fourth-order valence-corrected chi connectivity index (χ4v) is 3.62. The van der Waals surface area contributed by atoms with E-state index in [1.54, 1.807) is 23.7 Å². The van der Waals surface area contributed by atoms with Gasteiger partial charge in [-0.05, 0) is 31.4 Å². The maximum absolute atomic E-state index is 13.2. The molecule has 156 valence electrons. The summed E-state index contributed by atoms with van der Waals surface area (Å²) in [5, 5.41) is 13.0. The van der Waals surface area contributed by atoms with E-state index in [2.05, 4.69) is 26.0 Å². The van der Waals surface area contributed by atoms with E-state index >= 15 is 0 Å². The Balaban J connectivity index is 1.49. The molecular formula is C20H22FN7O2. The number of nitrogens with zero attached hydrogens (tertiary/aromatic N) is 4. The Morgan fingerprint density at radius 3 is 2.80 bits per heavy atom. The van der Waals surface area contributed by atoms with Gasteiger partial charge in [-0.3, -0.25) is 9.59 Å². The molecule has 0 bridgehead atoms. The van der Waals surface area contributed by atoms with Gasteiger partial charge >= 0.3 is 0 Å². The first-order valence-corrected chi connectivity index (χ1v) is 10.0. The van der Waals surface area contributed by atoms with Gasteiger partial charge in [-0.1, -0.05) is 0 Å². The van der Waals surface area contributed by atoms with Crippen LogP contribution in [0.5, 0.6) is 0 Å². The number of amides is 1. The van der Waals surface area contributed by atoms with E-state index in [9.17, 15) is 14.0 Å². The molecule has 3 N–H and O–H groups in total. The lowest BCUT2D eigenvalue weighted by Gasteiger charge is -2.27. The fourth-order valence-electron chi connectivity index (χ4n) is 3.62. The van der Waals surface area contributed by atoms with Crippen LogP contribution < -0.4 is 21.5 Å². The summed E-state index contributed by atoms with van der Waals surface area (Å²) < 4.78 is 16.4. The van der Waals surface area contributed by atoms with Gasteiger partial charge in [0.25, 0.3) is 11.5 Å². The quantitative estimate of drug-likeness (QED) is 0.575. The van der Waals surface area contributed by atoms with Crippen LogP contribution in [0, 0.1) is 0 Å². The zero-order valence-corrected chi connectivity index (χ0v) is 16.4. The van der Waals surface area contributed by atoms with Crippen LogP contribution in [0.1, 0.15) is 42.1 Å². The largest absolute Gasteiger partial charge is 0.373 e. The summed E-state index contributed by atoms with van der Waals surface area (Å²) in [6.45, 7) is 0. The van der Waals surface area contributed by atoms with Gasteiger partial charge in [-0.25, -0.2) is 9.37 Å². The van der Waals surface area contributed by atoms with E-state index in [4.69, 9.17) is 0 Å². The average molecular weight is 411 g/mol. The van der Waals surface area contributed by atoms with Gasteiger partial charge in [-0.15, -0.1) is 0 Å². The minimum atomic E-state index is -0.996. The van der Waals surface area contributed by atoms with Crippen LogP contribution in [0.2, 0.25) is 0 Å². The second-order valence-corrected chi connectivity index (χ2v) is 7.75. The van der Waals surface area contributed by atoms with Gasteiger partial charge in [0.15, 0.2) is 5.65 Å². The van der Waals surface area contributed by atoms with E-state index in [-0.39, 0.29) is 17.2 Å². The Bertz CT molecular complexity index is 1180. The average Bonchev–Trinajstić information content (AvgIpc) is 3.21. The SMILES string of the molecule is CNc1cc(Nc2cccn(C3CCC3)c2=O)nc2c(C(=O)NC3CC3F)cnn12. The van der Waals surface area contributed by atoms with E-state index in [1.165, 1.54) is 10.7 Å². The summed E-state index contributed by atoms with van der Waals surface area (Å²) >= 11 is 0. The molecule has 0 aromatic carbocycles. The van der Waals surface area contributed by atoms with Crippen LogP contribution >= 0.6 is 0 Å². The third-order valence-electron chi connectivity index (χ3n) is 5.71. The normalized spacial score (nSPS) is 20.6. The van der Waals surface area contributed by atoms with Crippen LogP contribution in [0.15, 0.2) is 35.4 Å². The van der Waals surface area contributed by atoms with Gasteiger partial charge in [0.2, 0.25) is 0 Å². The first-order valence-electron chi connectivity index (χ1n) is 10.0. The molecule has 0 aliphatic heterocycles. The van der Waals surface area contributed by atoms with Crippen molar-refractivity contribution in [2.24, 2.45) is 0 Å². The third-order valence-corrected chi connectivity index (χ3v) is 5.71. The van der Waals surface area contributed by atoms with Gasteiger partial charge in [0.05, 0.1) is 12.2 Å². The summed E-state index contributed by atoms with van der Waals surface area (Å²) in [5.74, 6) is 0.570. The molecule has 30 heavy (non-hydrogen) atoms. The molecule has 2 atom stereocenters. The Kier molecular flexibility index (Phi) is 4.41. The Labute approximate surface area is 171 Å². The van der Waals surface area contributed by atoms with Crippen molar-refractivity contribution < 1.29 is 9.18 Å². The molecular weight excluding hydrogens is 389 g/mol. The zero-order valence-electron chi connectivity index (χ0n) is 16.4. The molecule has 0 radical (unpaired) electrons. The predicted octanol–water partition coefficient (Wildman–Crippen LogP) is 2.24. The highest BCUT2D eigenvalue weighted by molar-refractivity contribution is 6.00. The molecule has 3 aromatic rings. The third kappa shape index (κ3) is 3.17. The van der Waals surface area contributed by atoms with Crippen LogP contribution in [-0.4, -0.2) is 44.3 Å². The summed E-state index contributed by atoms with van der Waals surface area (Å²) in [5.41, 5.74) is 0.860. The molecule has 5 rings (SSSR count). The summed E-state index contributed by atoms with van der Waals surface area (Å²) in [4.78, 5) is 29.9. The molecule has 2 aliphatic rings. The number of hydrogen-bond donors (Lipinski definition) is 3. The number of alkyl halides is 1.